The number of ether oxygens (including phenoxy) is 1. The quantitative estimate of drug-likeness (QED) is 0.822. The third-order valence-electron chi connectivity index (χ3n) is 3.15. The highest BCUT2D eigenvalue weighted by Crippen LogP contribution is 2.15. The molecule has 1 heterocycles. The molecule has 120 valence electrons. The zero-order chi connectivity index (χ0) is 15.1. The van der Waals surface area contributed by atoms with E-state index >= 15 is 0 Å². The van der Waals surface area contributed by atoms with Crippen LogP contribution in [0.3, 0.4) is 0 Å². The van der Waals surface area contributed by atoms with E-state index in [1.807, 2.05) is 44.3 Å². The van der Waals surface area contributed by atoms with Gasteiger partial charge >= 0.3 is 0 Å². The number of rotatable bonds is 7. The van der Waals surface area contributed by atoms with E-state index in [0.717, 1.165) is 11.3 Å². The number of nitrogens with one attached hydrogen (secondary N) is 2. The average molecular weight is 325 g/mol. The Hall–Kier alpha value is -1.98. The Kier molecular flexibility index (Phi) is 7.49. The fourth-order valence-electron chi connectivity index (χ4n) is 1.75. The second kappa shape index (κ2) is 9.12. The van der Waals surface area contributed by atoms with Crippen molar-refractivity contribution in [1.29, 1.82) is 0 Å². The zero-order valence-electron chi connectivity index (χ0n) is 12.7. The molecule has 0 saturated heterocycles. The van der Waals surface area contributed by atoms with E-state index in [4.69, 9.17) is 9.15 Å². The number of hydrogen-bond acceptors (Lipinski definition) is 4. The monoisotopic (exact) mass is 324 g/mol. The molecular formula is C16H21ClN2O3. The van der Waals surface area contributed by atoms with Gasteiger partial charge in [0.1, 0.15) is 12.4 Å². The molecule has 0 aliphatic heterocycles. The number of benzene rings is 1. The summed E-state index contributed by atoms with van der Waals surface area (Å²) in [4.78, 5) is 12.1. The van der Waals surface area contributed by atoms with E-state index in [0.29, 0.717) is 18.9 Å². The van der Waals surface area contributed by atoms with Gasteiger partial charge in [0.25, 0.3) is 5.91 Å². The number of hydrogen-bond donors (Lipinski definition) is 2. The van der Waals surface area contributed by atoms with Gasteiger partial charge in [-0.05, 0) is 32.2 Å². The Balaban J connectivity index is 0.00000242. The van der Waals surface area contributed by atoms with Crippen molar-refractivity contribution in [3.8, 4) is 5.75 Å². The largest absolute Gasteiger partial charge is 0.489 e. The topological polar surface area (TPSA) is 63.5 Å². The maximum absolute atomic E-state index is 12.1. The minimum absolute atomic E-state index is 0. The van der Waals surface area contributed by atoms with E-state index in [2.05, 4.69) is 10.6 Å². The highest BCUT2D eigenvalue weighted by Gasteiger charge is 2.16. The first-order chi connectivity index (χ1) is 10.2. The molecule has 1 aromatic heterocycles. The number of halogens is 1. The summed E-state index contributed by atoms with van der Waals surface area (Å²) < 4.78 is 10.9. The van der Waals surface area contributed by atoms with Crippen molar-refractivity contribution in [2.24, 2.45) is 0 Å². The van der Waals surface area contributed by atoms with Crippen LogP contribution in [-0.4, -0.2) is 25.5 Å². The molecule has 0 fully saturated rings. The second-order valence-corrected chi connectivity index (χ2v) is 4.78. The molecule has 1 unspecified atom stereocenters. The number of carbonyl (C=O) groups excluding carboxylic acids is 1. The molecule has 2 N–H and O–H groups in total. The first-order valence-corrected chi connectivity index (χ1v) is 6.90. The summed E-state index contributed by atoms with van der Waals surface area (Å²) in [7, 11) is 1.85. The predicted molar refractivity (Wildman–Crippen MR) is 87.6 cm³/mol. The third kappa shape index (κ3) is 5.09. The van der Waals surface area contributed by atoms with Gasteiger partial charge in [-0.3, -0.25) is 4.79 Å². The fourth-order valence-corrected chi connectivity index (χ4v) is 1.75. The molecule has 1 amide bonds. The Bertz CT molecular complexity index is 572. The van der Waals surface area contributed by atoms with Crippen molar-refractivity contribution in [1.82, 2.24) is 10.6 Å². The van der Waals surface area contributed by atoms with Crippen molar-refractivity contribution < 1.29 is 13.9 Å². The summed E-state index contributed by atoms with van der Waals surface area (Å²) >= 11 is 0. The molecule has 6 heteroatoms. The summed E-state index contributed by atoms with van der Waals surface area (Å²) in [6.45, 7) is 2.82. The number of amides is 1. The van der Waals surface area contributed by atoms with Gasteiger partial charge in [-0.15, -0.1) is 12.4 Å². The van der Waals surface area contributed by atoms with Crippen LogP contribution < -0.4 is 15.4 Å². The van der Waals surface area contributed by atoms with Gasteiger partial charge in [-0.25, -0.2) is 0 Å². The van der Waals surface area contributed by atoms with Crippen molar-refractivity contribution in [2.45, 2.75) is 19.6 Å². The summed E-state index contributed by atoms with van der Waals surface area (Å²) in [5.74, 6) is 0.830. The smallest absolute Gasteiger partial charge is 0.287 e. The molecule has 5 nitrogen and oxygen atoms in total. The van der Waals surface area contributed by atoms with Gasteiger partial charge in [-0.1, -0.05) is 18.2 Å². The van der Waals surface area contributed by atoms with E-state index in [9.17, 15) is 4.79 Å². The SMILES string of the molecule is CNC(C)CNC(=O)c1occc1COc1ccccc1.Cl. The van der Waals surface area contributed by atoms with Crippen molar-refractivity contribution in [2.75, 3.05) is 13.6 Å². The van der Waals surface area contributed by atoms with Gasteiger partial charge in [-0.2, -0.15) is 0 Å². The lowest BCUT2D eigenvalue weighted by Gasteiger charge is -2.11. The summed E-state index contributed by atoms with van der Waals surface area (Å²) in [5.41, 5.74) is 0.730. The van der Waals surface area contributed by atoms with Crippen LogP contribution in [-0.2, 0) is 6.61 Å². The van der Waals surface area contributed by atoms with E-state index in [-0.39, 0.29) is 24.4 Å². The molecule has 0 bridgehead atoms. The molecule has 22 heavy (non-hydrogen) atoms. The van der Waals surface area contributed by atoms with Gasteiger partial charge in [0.15, 0.2) is 5.76 Å². The van der Waals surface area contributed by atoms with Crippen LogP contribution in [0.1, 0.15) is 23.0 Å². The first-order valence-electron chi connectivity index (χ1n) is 6.90. The van der Waals surface area contributed by atoms with Crippen molar-refractivity contribution in [3.05, 3.63) is 54.0 Å². The Morgan fingerprint density at radius 3 is 2.68 bits per heavy atom. The minimum atomic E-state index is -0.228. The van der Waals surface area contributed by atoms with Crippen LogP contribution in [0.2, 0.25) is 0 Å². The van der Waals surface area contributed by atoms with Crippen LogP contribution >= 0.6 is 12.4 Å². The van der Waals surface area contributed by atoms with Crippen molar-refractivity contribution in [3.63, 3.8) is 0 Å². The van der Waals surface area contributed by atoms with Crippen LogP contribution in [0.15, 0.2) is 47.1 Å². The standard InChI is InChI=1S/C16H20N2O3.ClH/c1-12(17-2)10-18-16(19)15-13(8-9-20-15)11-21-14-6-4-3-5-7-14;/h3-9,12,17H,10-11H2,1-2H3,(H,18,19);1H. The zero-order valence-corrected chi connectivity index (χ0v) is 13.5. The molecule has 0 radical (unpaired) electrons. The predicted octanol–water partition coefficient (Wildman–Crippen LogP) is 2.62. The Morgan fingerprint density at radius 1 is 1.27 bits per heavy atom. The van der Waals surface area contributed by atoms with Crippen LogP contribution in [0.5, 0.6) is 5.75 Å². The fraction of sp³-hybridized carbons (Fsp3) is 0.312. The van der Waals surface area contributed by atoms with Crippen LogP contribution in [0.25, 0.3) is 0 Å². The van der Waals surface area contributed by atoms with E-state index in [1.54, 1.807) is 6.07 Å². The maximum atomic E-state index is 12.1. The summed E-state index contributed by atoms with van der Waals surface area (Å²) in [6.07, 6.45) is 1.50. The summed E-state index contributed by atoms with van der Waals surface area (Å²) in [5, 5.41) is 5.88. The molecule has 2 aromatic rings. The van der Waals surface area contributed by atoms with Gasteiger partial charge < -0.3 is 19.8 Å². The molecule has 0 spiro atoms. The van der Waals surface area contributed by atoms with Crippen LogP contribution in [0.4, 0.5) is 0 Å². The Labute approximate surface area is 136 Å². The van der Waals surface area contributed by atoms with Crippen molar-refractivity contribution >= 4 is 18.3 Å². The van der Waals surface area contributed by atoms with E-state index < -0.39 is 0 Å². The first kappa shape index (κ1) is 18.1. The number of para-hydroxylation sites is 1. The minimum Gasteiger partial charge on any atom is -0.489 e. The molecule has 0 saturated carbocycles. The third-order valence-corrected chi connectivity index (χ3v) is 3.15. The van der Waals surface area contributed by atoms with Gasteiger partial charge in [0.2, 0.25) is 0 Å². The number of carbonyl (C=O) groups is 1. The number of likely N-dealkylation sites (N-methyl/N-ethyl adjacent to an activating group) is 1. The lowest BCUT2D eigenvalue weighted by atomic mass is 10.2. The second-order valence-electron chi connectivity index (χ2n) is 4.78. The van der Waals surface area contributed by atoms with Gasteiger partial charge in [0.05, 0.1) is 6.26 Å². The maximum Gasteiger partial charge on any atom is 0.287 e. The molecule has 0 aliphatic rings. The summed E-state index contributed by atoms with van der Waals surface area (Å²) in [6, 6.07) is 11.4. The highest BCUT2D eigenvalue weighted by molar-refractivity contribution is 5.92. The normalized spacial score (nSPS) is 11.4. The molecule has 1 atom stereocenters. The van der Waals surface area contributed by atoms with Crippen LogP contribution in [0, 0.1) is 0 Å². The lowest BCUT2D eigenvalue weighted by Crippen LogP contribution is -2.37. The molecule has 0 aliphatic carbocycles. The van der Waals surface area contributed by atoms with Gasteiger partial charge in [0, 0.05) is 18.2 Å². The number of furan rings is 1. The highest BCUT2D eigenvalue weighted by atomic mass is 35.5. The lowest BCUT2D eigenvalue weighted by molar-refractivity contribution is 0.0919. The molecular weight excluding hydrogens is 304 g/mol. The Morgan fingerprint density at radius 2 is 2.00 bits per heavy atom. The average Bonchev–Trinajstić information content (AvgIpc) is 2.99. The molecule has 1 aromatic carbocycles. The molecule has 2 rings (SSSR count). The van der Waals surface area contributed by atoms with E-state index in [1.165, 1.54) is 6.26 Å².